The largest absolute Gasteiger partial charge is 0.352 e. The highest BCUT2D eigenvalue weighted by atomic mass is 32.2. The maximum atomic E-state index is 12.3. The van der Waals surface area contributed by atoms with E-state index in [-0.39, 0.29) is 17.3 Å². The van der Waals surface area contributed by atoms with E-state index in [1.165, 1.54) is 0 Å². The van der Waals surface area contributed by atoms with Crippen molar-refractivity contribution in [1.82, 2.24) is 24.1 Å². The minimum absolute atomic E-state index is 0.0559. The Hall–Kier alpha value is -2.13. The zero-order valence-electron chi connectivity index (χ0n) is 14.6. The number of hydrogen-bond donors (Lipinski definition) is 2. The quantitative estimate of drug-likeness (QED) is 0.708. The summed E-state index contributed by atoms with van der Waals surface area (Å²) in [6.45, 7) is 2.80. The van der Waals surface area contributed by atoms with Crippen LogP contribution < -0.4 is 9.62 Å². The van der Waals surface area contributed by atoms with Crippen LogP contribution in [0.15, 0.2) is 24.7 Å². The van der Waals surface area contributed by atoms with Crippen LogP contribution in [0.25, 0.3) is 16.8 Å². The summed E-state index contributed by atoms with van der Waals surface area (Å²) in [5, 5.41) is -0.182. The molecule has 0 aromatic carbocycles. The fraction of sp³-hybridized carbons (Fsp3) is 0.529. The van der Waals surface area contributed by atoms with Crippen LogP contribution >= 0.6 is 0 Å². The third-order valence-electron chi connectivity index (χ3n) is 5.50. The summed E-state index contributed by atoms with van der Waals surface area (Å²) in [5.41, 5.74) is 2.59. The molecule has 0 spiro atoms. The Morgan fingerprint density at radius 1 is 1.31 bits per heavy atom. The van der Waals surface area contributed by atoms with E-state index in [0.717, 1.165) is 48.3 Å². The Labute approximate surface area is 151 Å². The first-order valence-corrected chi connectivity index (χ1v) is 10.7. The monoisotopic (exact) mass is 374 g/mol. The summed E-state index contributed by atoms with van der Waals surface area (Å²) in [6, 6.07) is 2.22. The van der Waals surface area contributed by atoms with Gasteiger partial charge in [0.05, 0.1) is 23.2 Å². The molecular formula is C17H22N6O2S. The number of sulfonamides is 1. The van der Waals surface area contributed by atoms with Crippen molar-refractivity contribution in [3.05, 3.63) is 24.7 Å². The van der Waals surface area contributed by atoms with E-state index in [1.54, 1.807) is 6.20 Å². The van der Waals surface area contributed by atoms with Crippen molar-refractivity contribution in [2.45, 2.75) is 49.9 Å². The summed E-state index contributed by atoms with van der Waals surface area (Å²) >= 11 is 0. The summed E-state index contributed by atoms with van der Waals surface area (Å²) in [5.74, 6) is 0.993. The van der Waals surface area contributed by atoms with E-state index in [4.69, 9.17) is 0 Å². The molecule has 2 aliphatic rings. The number of rotatable bonds is 5. The van der Waals surface area contributed by atoms with Crippen molar-refractivity contribution in [2.24, 2.45) is 0 Å². The molecule has 2 atom stereocenters. The Kier molecular flexibility index (Phi) is 3.51. The summed E-state index contributed by atoms with van der Waals surface area (Å²) in [4.78, 5) is 14.3. The van der Waals surface area contributed by atoms with E-state index >= 15 is 0 Å². The Balaban J connectivity index is 1.50. The minimum Gasteiger partial charge on any atom is -0.352 e. The van der Waals surface area contributed by atoms with Gasteiger partial charge in [-0.15, -0.1) is 0 Å². The molecule has 2 unspecified atom stereocenters. The number of aromatic nitrogens is 4. The van der Waals surface area contributed by atoms with E-state index in [1.807, 2.05) is 18.5 Å². The van der Waals surface area contributed by atoms with E-state index in [2.05, 4.69) is 35.9 Å². The van der Waals surface area contributed by atoms with E-state index in [9.17, 15) is 8.42 Å². The smallest absolute Gasteiger partial charge is 0.214 e. The molecule has 1 saturated carbocycles. The van der Waals surface area contributed by atoms with Gasteiger partial charge in [-0.25, -0.2) is 23.1 Å². The number of nitrogens with zero attached hydrogens (tertiary/aromatic N) is 4. The highest BCUT2D eigenvalue weighted by molar-refractivity contribution is 7.90. The zero-order valence-corrected chi connectivity index (χ0v) is 15.4. The minimum atomic E-state index is -3.18. The fourth-order valence-corrected chi connectivity index (χ4v) is 5.62. The van der Waals surface area contributed by atoms with Gasteiger partial charge in [0.2, 0.25) is 10.0 Å². The number of anilines is 1. The molecule has 0 radical (unpaired) electrons. The maximum absolute atomic E-state index is 12.3. The van der Waals surface area contributed by atoms with E-state index < -0.39 is 10.0 Å². The summed E-state index contributed by atoms with van der Waals surface area (Å²) in [6.07, 6.45) is 8.84. The third kappa shape index (κ3) is 2.49. The Morgan fingerprint density at radius 2 is 2.15 bits per heavy atom. The first-order valence-electron chi connectivity index (χ1n) is 9.14. The second-order valence-electron chi connectivity index (χ2n) is 7.29. The Morgan fingerprint density at radius 3 is 2.92 bits per heavy atom. The molecule has 3 aromatic rings. The van der Waals surface area contributed by atoms with Crippen molar-refractivity contribution >= 4 is 32.7 Å². The van der Waals surface area contributed by atoms with Crippen molar-refractivity contribution in [3.8, 4) is 0 Å². The molecule has 26 heavy (non-hydrogen) atoms. The van der Waals surface area contributed by atoms with Gasteiger partial charge in [-0.05, 0) is 31.7 Å². The lowest BCUT2D eigenvalue weighted by Gasteiger charge is -2.25. The van der Waals surface area contributed by atoms with Crippen LogP contribution in [0.1, 0.15) is 32.6 Å². The topological polar surface area (TPSA) is 95.4 Å². The van der Waals surface area contributed by atoms with Gasteiger partial charge in [0.1, 0.15) is 5.82 Å². The van der Waals surface area contributed by atoms with Gasteiger partial charge in [-0.1, -0.05) is 6.92 Å². The van der Waals surface area contributed by atoms with Crippen molar-refractivity contribution in [2.75, 3.05) is 11.4 Å². The molecule has 2 N–H and O–H groups in total. The highest BCUT2D eigenvalue weighted by Crippen LogP contribution is 2.32. The number of H-pyrrole nitrogens is 1. The van der Waals surface area contributed by atoms with Gasteiger partial charge in [0.15, 0.2) is 11.3 Å². The first-order chi connectivity index (χ1) is 12.6. The van der Waals surface area contributed by atoms with Gasteiger partial charge in [0, 0.05) is 24.8 Å². The van der Waals surface area contributed by atoms with Crippen molar-refractivity contribution < 1.29 is 8.42 Å². The average Bonchev–Trinajstić information content (AvgIpc) is 3.06. The predicted molar refractivity (Wildman–Crippen MR) is 99.8 cm³/mol. The molecule has 1 aliphatic heterocycles. The molecule has 8 nitrogen and oxygen atoms in total. The fourth-order valence-electron chi connectivity index (χ4n) is 4.03. The summed E-state index contributed by atoms with van der Waals surface area (Å²) in [7, 11) is -3.18. The molecule has 3 aromatic heterocycles. The molecule has 0 amide bonds. The normalized spacial score (nSPS) is 24.1. The second kappa shape index (κ2) is 5.68. The van der Waals surface area contributed by atoms with Crippen LogP contribution in [0.3, 0.4) is 0 Å². The molecular weight excluding hydrogens is 352 g/mol. The van der Waals surface area contributed by atoms with Gasteiger partial charge >= 0.3 is 0 Å². The second-order valence-corrected chi connectivity index (χ2v) is 9.28. The molecule has 4 heterocycles. The molecule has 1 saturated heterocycles. The van der Waals surface area contributed by atoms with Crippen LogP contribution in [0.2, 0.25) is 0 Å². The summed E-state index contributed by atoms with van der Waals surface area (Å²) < 4.78 is 29.7. The molecule has 9 heteroatoms. The lowest BCUT2D eigenvalue weighted by Crippen LogP contribution is -2.39. The van der Waals surface area contributed by atoms with Crippen LogP contribution in [-0.2, 0) is 10.0 Å². The number of hydrogen-bond acceptors (Lipinski definition) is 5. The molecule has 5 rings (SSSR count). The van der Waals surface area contributed by atoms with E-state index in [0.29, 0.717) is 6.54 Å². The van der Waals surface area contributed by atoms with Crippen LogP contribution in [-0.4, -0.2) is 51.6 Å². The zero-order chi connectivity index (χ0) is 17.9. The molecule has 1 aliphatic carbocycles. The average molecular weight is 374 g/mol. The number of nitrogens with one attached hydrogen (secondary N) is 2. The van der Waals surface area contributed by atoms with Gasteiger partial charge < -0.3 is 9.88 Å². The Bertz CT molecular complexity index is 1070. The molecule has 0 bridgehead atoms. The predicted octanol–water partition coefficient (Wildman–Crippen LogP) is 1.65. The lowest BCUT2D eigenvalue weighted by molar-refractivity contribution is 0.550. The molecule has 2 fully saturated rings. The van der Waals surface area contributed by atoms with Crippen LogP contribution in [0, 0.1) is 0 Å². The highest BCUT2D eigenvalue weighted by Gasteiger charge is 2.40. The third-order valence-corrected chi connectivity index (χ3v) is 7.51. The molecule has 138 valence electrons. The van der Waals surface area contributed by atoms with Gasteiger partial charge in [-0.3, -0.25) is 4.40 Å². The van der Waals surface area contributed by atoms with Crippen LogP contribution in [0.4, 0.5) is 5.82 Å². The number of imidazole rings is 1. The van der Waals surface area contributed by atoms with Gasteiger partial charge in [0.25, 0.3) is 0 Å². The van der Waals surface area contributed by atoms with Gasteiger partial charge in [-0.2, -0.15) is 0 Å². The first kappa shape index (κ1) is 16.1. The van der Waals surface area contributed by atoms with Crippen molar-refractivity contribution in [3.63, 3.8) is 0 Å². The number of fused-ring (bicyclic) bond motifs is 3. The maximum Gasteiger partial charge on any atom is 0.214 e. The van der Waals surface area contributed by atoms with Crippen molar-refractivity contribution in [1.29, 1.82) is 0 Å². The lowest BCUT2D eigenvalue weighted by atomic mass is 10.1. The number of aromatic amines is 1. The SMILES string of the molecule is CCC1CC(NS(=O)(=O)C2CC2)CN1c1cnc2cnc3[nH]ccc3n12. The standard InChI is InChI=1S/C17H22N6O2S/c1-2-12-7-11(21-26(24,25)13-3-4-13)10-22(12)16-9-19-15-8-20-17-14(23(15)16)5-6-18-17/h5-6,8-9,11-13,18,21H,2-4,7,10H2,1H3. The van der Waals surface area contributed by atoms with Crippen LogP contribution in [0.5, 0.6) is 0 Å².